The fraction of sp³-hybridized carbons (Fsp3) is 0.294. The van der Waals surface area contributed by atoms with Crippen LogP contribution < -0.4 is 24.7 Å². The SMILES string of the molecule is COc1cccc(OC)c1-c1cc(F)cc2c1O[C@@H](CN)CO2. The Morgan fingerprint density at radius 1 is 1.22 bits per heavy atom. The van der Waals surface area contributed by atoms with Crippen LogP contribution in [0.2, 0.25) is 0 Å². The van der Waals surface area contributed by atoms with Crippen LogP contribution in [-0.4, -0.2) is 33.5 Å². The van der Waals surface area contributed by atoms with Crippen LogP contribution in [0.5, 0.6) is 23.0 Å². The number of methoxy groups -OCH3 is 2. The first-order chi connectivity index (χ1) is 11.2. The molecule has 0 saturated heterocycles. The molecule has 0 fully saturated rings. The summed E-state index contributed by atoms with van der Waals surface area (Å²) in [6.07, 6.45) is -0.285. The third-order valence-corrected chi connectivity index (χ3v) is 3.69. The molecular weight excluding hydrogens is 301 g/mol. The Morgan fingerprint density at radius 3 is 2.52 bits per heavy atom. The molecule has 2 aromatic carbocycles. The van der Waals surface area contributed by atoms with E-state index in [1.54, 1.807) is 32.4 Å². The molecule has 1 heterocycles. The van der Waals surface area contributed by atoms with Gasteiger partial charge in [-0.1, -0.05) is 6.07 Å². The highest BCUT2D eigenvalue weighted by Crippen LogP contribution is 2.48. The lowest BCUT2D eigenvalue weighted by Crippen LogP contribution is -2.36. The molecule has 3 rings (SSSR count). The van der Waals surface area contributed by atoms with E-state index in [-0.39, 0.29) is 12.7 Å². The summed E-state index contributed by atoms with van der Waals surface area (Å²) in [5.41, 5.74) is 6.78. The van der Waals surface area contributed by atoms with Crippen molar-refractivity contribution in [2.24, 2.45) is 5.73 Å². The Morgan fingerprint density at radius 2 is 1.91 bits per heavy atom. The van der Waals surface area contributed by atoms with Crippen LogP contribution in [-0.2, 0) is 0 Å². The van der Waals surface area contributed by atoms with Gasteiger partial charge in [0.05, 0.1) is 19.8 Å². The molecule has 1 atom stereocenters. The maximum Gasteiger partial charge on any atom is 0.170 e. The predicted molar refractivity (Wildman–Crippen MR) is 83.9 cm³/mol. The van der Waals surface area contributed by atoms with Gasteiger partial charge in [-0.15, -0.1) is 0 Å². The van der Waals surface area contributed by atoms with Crippen LogP contribution >= 0.6 is 0 Å². The first kappa shape index (κ1) is 15.4. The molecule has 0 saturated carbocycles. The van der Waals surface area contributed by atoms with E-state index in [2.05, 4.69) is 0 Å². The average Bonchev–Trinajstić information content (AvgIpc) is 2.59. The van der Waals surface area contributed by atoms with Crippen molar-refractivity contribution < 1.29 is 23.3 Å². The molecule has 0 unspecified atom stereocenters. The van der Waals surface area contributed by atoms with Crippen molar-refractivity contribution in [3.05, 3.63) is 36.1 Å². The molecule has 0 aromatic heterocycles. The Bertz CT molecular complexity index is 698. The van der Waals surface area contributed by atoms with Crippen molar-refractivity contribution in [1.82, 2.24) is 0 Å². The van der Waals surface area contributed by atoms with Crippen LogP contribution in [0, 0.1) is 5.82 Å². The summed E-state index contributed by atoms with van der Waals surface area (Å²) in [6, 6.07) is 8.03. The highest BCUT2D eigenvalue weighted by Gasteiger charge is 2.27. The fourth-order valence-electron chi connectivity index (χ4n) is 2.60. The minimum absolute atomic E-state index is 0.285. The van der Waals surface area contributed by atoms with Crippen LogP contribution in [0.4, 0.5) is 4.39 Å². The number of nitrogens with two attached hydrogens (primary N) is 1. The number of fused-ring (bicyclic) bond motifs is 1. The Balaban J connectivity index is 2.23. The van der Waals surface area contributed by atoms with Gasteiger partial charge in [-0.2, -0.15) is 0 Å². The summed E-state index contributed by atoms with van der Waals surface area (Å²) in [6.45, 7) is 0.592. The van der Waals surface area contributed by atoms with Crippen molar-refractivity contribution in [3.63, 3.8) is 0 Å². The van der Waals surface area contributed by atoms with E-state index in [1.807, 2.05) is 0 Å². The van der Waals surface area contributed by atoms with E-state index in [0.29, 0.717) is 40.7 Å². The van der Waals surface area contributed by atoms with Gasteiger partial charge in [0, 0.05) is 18.2 Å². The molecule has 0 aliphatic carbocycles. The van der Waals surface area contributed by atoms with Gasteiger partial charge >= 0.3 is 0 Å². The van der Waals surface area contributed by atoms with Crippen molar-refractivity contribution in [3.8, 4) is 34.1 Å². The lowest BCUT2D eigenvalue weighted by Gasteiger charge is -2.28. The molecule has 2 aromatic rings. The zero-order chi connectivity index (χ0) is 16.4. The second kappa shape index (κ2) is 6.34. The van der Waals surface area contributed by atoms with Gasteiger partial charge in [0.15, 0.2) is 11.5 Å². The molecule has 23 heavy (non-hydrogen) atoms. The lowest BCUT2D eigenvalue weighted by molar-refractivity contribution is 0.0971. The molecule has 0 amide bonds. The molecule has 5 nitrogen and oxygen atoms in total. The molecule has 0 bridgehead atoms. The normalized spacial score (nSPS) is 16.1. The van der Waals surface area contributed by atoms with Crippen LogP contribution in [0.25, 0.3) is 11.1 Å². The summed E-state index contributed by atoms with van der Waals surface area (Å²) < 4.78 is 36.3. The first-order valence-electron chi connectivity index (χ1n) is 7.22. The van der Waals surface area contributed by atoms with E-state index in [9.17, 15) is 4.39 Å². The largest absolute Gasteiger partial charge is 0.496 e. The van der Waals surface area contributed by atoms with Gasteiger partial charge in [0.2, 0.25) is 0 Å². The Kier molecular flexibility index (Phi) is 4.25. The second-order valence-electron chi connectivity index (χ2n) is 5.10. The van der Waals surface area contributed by atoms with Crippen LogP contribution in [0.1, 0.15) is 0 Å². The number of hydrogen-bond donors (Lipinski definition) is 1. The fourth-order valence-corrected chi connectivity index (χ4v) is 2.60. The van der Waals surface area contributed by atoms with Gasteiger partial charge in [0.1, 0.15) is 30.0 Å². The predicted octanol–water partition coefficient (Wildman–Crippen LogP) is 2.61. The van der Waals surface area contributed by atoms with Gasteiger partial charge in [0.25, 0.3) is 0 Å². The summed E-state index contributed by atoms with van der Waals surface area (Å²) in [5, 5.41) is 0. The third-order valence-electron chi connectivity index (χ3n) is 3.69. The summed E-state index contributed by atoms with van der Waals surface area (Å²) in [4.78, 5) is 0. The van der Waals surface area contributed by atoms with Crippen molar-refractivity contribution in [2.45, 2.75) is 6.10 Å². The van der Waals surface area contributed by atoms with E-state index in [0.717, 1.165) is 0 Å². The number of ether oxygens (including phenoxy) is 4. The zero-order valence-corrected chi connectivity index (χ0v) is 13.0. The standard InChI is InChI=1S/C17H18FNO4/c1-20-13-4-3-5-14(21-2)16(13)12-6-10(18)7-15-17(12)23-11(8-19)9-22-15/h3-7,11H,8-9,19H2,1-2H3/t11-/m0/s1. The summed E-state index contributed by atoms with van der Waals surface area (Å²) in [7, 11) is 3.09. The minimum Gasteiger partial charge on any atom is -0.496 e. The molecule has 6 heteroatoms. The van der Waals surface area contributed by atoms with Gasteiger partial charge in [-0.05, 0) is 18.2 Å². The number of rotatable bonds is 4. The molecule has 1 aliphatic rings. The smallest absolute Gasteiger partial charge is 0.170 e. The van der Waals surface area contributed by atoms with E-state index in [4.69, 9.17) is 24.7 Å². The molecule has 1 aliphatic heterocycles. The molecule has 0 radical (unpaired) electrons. The highest BCUT2D eigenvalue weighted by molar-refractivity contribution is 5.83. The average molecular weight is 319 g/mol. The maximum atomic E-state index is 14.0. The monoisotopic (exact) mass is 319 g/mol. The Labute approximate surface area is 133 Å². The van der Waals surface area contributed by atoms with Crippen molar-refractivity contribution in [2.75, 3.05) is 27.4 Å². The quantitative estimate of drug-likeness (QED) is 0.938. The van der Waals surface area contributed by atoms with Gasteiger partial charge in [-0.3, -0.25) is 0 Å². The van der Waals surface area contributed by atoms with Crippen LogP contribution in [0.15, 0.2) is 30.3 Å². The van der Waals surface area contributed by atoms with Crippen LogP contribution in [0.3, 0.4) is 0 Å². The zero-order valence-electron chi connectivity index (χ0n) is 13.0. The van der Waals surface area contributed by atoms with Crippen molar-refractivity contribution >= 4 is 0 Å². The third kappa shape index (κ3) is 2.77. The lowest BCUT2D eigenvalue weighted by atomic mass is 10.0. The molecule has 2 N–H and O–H groups in total. The Hall–Kier alpha value is -2.47. The van der Waals surface area contributed by atoms with Gasteiger partial charge in [-0.25, -0.2) is 4.39 Å². The number of benzene rings is 2. The van der Waals surface area contributed by atoms with E-state index in [1.165, 1.54) is 12.1 Å². The first-order valence-corrected chi connectivity index (χ1v) is 7.22. The topological polar surface area (TPSA) is 62.9 Å². The summed E-state index contributed by atoms with van der Waals surface area (Å²) in [5.74, 6) is 1.46. The van der Waals surface area contributed by atoms with E-state index >= 15 is 0 Å². The highest BCUT2D eigenvalue weighted by atomic mass is 19.1. The molecule has 122 valence electrons. The van der Waals surface area contributed by atoms with Crippen molar-refractivity contribution in [1.29, 1.82) is 0 Å². The summed E-state index contributed by atoms with van der Waals surface area (Å²) >= 11 is 0. The number of hydrogen-bond acceptors (Lipinski definition) is 5. The maximum absolute atomic E-state index is 14.0. The minimum atomic E-state index is -0.429. The number of halogens is 1. The second-order valence-corrected chi connectivity index (χ2v) is 5.10. The van der Waals surface area contributed by atoms with E-state index < -0.39 is 5.82 Å². The van der Waals surface area contributed by atoms with Gasteiger partial charge < -0.3 is 24.7 Å². The molecule has 0 spiro atoms. The molecular formula is C17H18FNO4.